The van der Waals surface area contributed by atoms with Gasteiger partial charge in [0.1, 0.15) is 0 Å². The molecule has 2 unspecified atom stereocenters. The highest BCUT2D eigenvalue weighted by Gasteiger charge is 2.24. The van der Waals surface area contributed by atoms with Gasteiger partial charge in [-0.25, -0.2) is 0 Å². The largest absolute Gasteiger partial charge is 0.352 e. The Morgan fingerprint density at radius 3 is 2.74 bits per heavy atom. The average molecular weight is 278 g/mol. The first kappa shape index (κ1) is 14.1. The number of amides is 1. The maximum Gasteiger partial charge on any atom is 0.220 e. The van der Waals surface area contributed by atoms with Gasteiger partial charge in [0.05, 0.1) is 0 Å². The molecule has 1 aliphatic carbocycles. The molecule has 1 aromatic carbocycles. The molecule has 19 heavy (non-hydrogen) atoms. The SMILES string of the molecule is C=C1CC(Cl)CCC1CC(=O)NCc1ccccc1. The van der Waals surface area contributed by atoms with E-state index in [1.54, 1.807) is 0 Å². The van der Waals surface area contributed by atoms with Crippen LogP contribution >= 0.6 is 11.6 Å². The molecule has 0 saturated heterocycles. The molecule has 102 valence electrons. The van der Waals surface area contributed by atoms with Gasteiger partial charge in [-0.2, -0.15) is 0 Å². The number of hydrogen-bond donors (Lipinski definition) is 1. The smallest absolute Gasteiger partial charge is 0.220 e. The van der Waals surface area contributed by atoms with E-state index >= 15 is 0 Å². The zero-order valence-corrected chi connectivity index (χ0v) is 11.8. The molecule has 0 radical (unpaired) electrons. The lowest BCUT2D eigenvalue weighted by Gasteiger charge is -2.27. The van der Waals surface area contributed by atoms with E-state index in [1.807, 2.05) is 30.3 Å². The van der Waals surface area contributed by atoms with Gasteiger partial charge in [0, 0.05) is 18.3 Å². The van der Waals surface area contributed by atoms with Crippen LogP contribution in [0.4, 0.5) is 0 Å². The van der Waals surface area contributed by atoms with Crippen LogP contribution in [-0.4, -0.2) is 11.3 Å². The van der Waals surface area contributed by atoms with E-state index in [-0.39, 0.29) is 11.3 Å². The number of halogens is 1. The summed E-state index contributed by atoms with van der Waals surface area (Å²) in [7, 11) is 0. The monoisotopic (exact) mass is 277 g/mol. The molecule has 3 heteroatoms. The quantitative estimate of drug-likeness (QED) is 0.660. The van der Waals surface area contributed by atoms with Gasteiger partial charge in [-0.1, -0.05) is 42.5 Å². The molecule has 2 rings (SSSR count). The van der Waals surface area contributed by atoms with Crippen molar-refractivity contribution in [3.8, 4) is 0 Å². The molecular weight excluding hydrogens is 258 g/mol. The van der Waals surface area contributed by atoms with E-state index in [9.17, 15) is 4.79 Å². The molecule has 0 aromatic heterocycles. The van der Waals surface area contributed by atoms with Crippen LogP contribution < -0.4 is 5.32 Å². The number of rotatable bonds is 4. The molecule has 2 nitrogen and oxygen atoms in total. The summed E-state index contributed by atoms with van der Waals surface area (Å²) in [6, 6.07) is 9.95. The van der Waals surface area contributed by atoms with Gasteiger partial charge in [0.25, 0.3) is 0 Å². The third-order valence-corrected chi connectivity index (χ3v) is 4.03. The fraction of sp³-hybridized carbons (Fsp3) is 0.438. The van der Waals surface area contributed by atoms with E-state index in [4.69, 9.17) is 11.6 Å². The van der Waals surface area contributed by atoms with E-state index in [1.165, 1.54) is 0 Å². The summed E-state index contributed by atoms with van der Waals surface area (Å²) in [6.45, 7) is 4.65. The molecule has 2 atom stereocenters. The van der Waals surface area contributed by atoms with Crippen molar-refractivity contribution in [1.82, 2.24) is 5.32 Å². The molecule has 1 amide bonds. The van der Waals surface area contributed by atoms with Crippen LogP contribution in [0.2, 0.25) is 0 Å². The number of alkyl halides is 1. The molecule has 1 aliphatic rings. The predicted molar refractivity (Wildman–Crippen MR) is 79.0 cm³/mol. The summed E-state index contributed by atoms with van der Waals surface area (Å²) < 4.78 is 0. The van der Waals surface area contributed by atoms with Crippen molar-refractivity contribution in [1.29, 1.82) is 0 Å². The summed E-state index contributed by atoms with van der Waals surface area (Å²) in [4.78, 5) is 11.9. The highest BCUT2D eigenvalue weighted by molar-refractivity contribution is 6.20. The summed E-state index contributed by atoms with van der Waals surface area (Å²) in [5.74, 6) is 0.397. The lowest BCUT2D eigenvalue weighted by molar-refractivity contribution is -0.122. The maximum absolute atomic E-state index is 11.9. The van der Waals surface area contributed by atoms with Gasteiger partial charge in [0.2, 0.25) is 5.91 Å². The molecule has 1 saturated carbocycles. The minimum atomic E-state index is 0.100. The predicted octanol–water partition coefficient (Wildman–Crippen LogP) is 3.66. The number of carbonyl (C=O) groups excluding carboxylic acids is 1. The number of nitrogens with one attached hydrogen (secondary N) is 1. The van der Waals surface area contributed by atoms with Crippen LogP contribution in [0.3, 0.4) is 0 Å². The third-order valence-electron chi connectivity index (χ3n) is 3.65. The first-order valence-electron chi connectivity index (χ1n) is 6.77. The Morgan fingerprint density at radius 1 is 1.32 bits per heavy atom. The minimum Gasteiger partial charge on any atom is -0.352 e. The Bertz CT molecular complexity index is 443. The van der Waals surface area contributed by atoms with Gasteiger partial charge < -0.3 is 5.32 Å². The zero-order valence-electron chi connectivity index (χ0n) is 11.1. The number of carbonyl (C=O) groups is 1. The molecule has 1 N–H and O–H groups in total. The van der Waals surface area contributed by atoms with Gasteiger partial charge in [0.15, 0.2) is 0 Å². The maximum atomic E-state index is 11.9. The van der Waals surface area contributed by atoms with Crippen LogP contribution in [0.1, 0.15) is 31.2 Å². The van der Waals surface area contributed by atoms with Gasteiger partial charge >= 0.3 is 0 Å². The fourth-order valence-electron chi connectivity index (χ4n) is 2.48. The summed E-state index contributed by atoms with van der Waals surface area (Å²) >= 11 is 6.09. The molecule has 0 aliphatic heterocycles. The lowest BCUT2D eigenvalue weighted by atomic mass is 9.83. The van der Waals surface area contributed by atoms with Gasteiger partial charge in [-0.3, -0.25) is 4.79 Å². The van der Waals surface area contributed by atoms with Gasteiger partial charge in [-0.15, -0.1) is 11.6 Å². The van der Waals surface area contributed by atoms with E-state index in [0.717, 1.165) is 30.4 Å². The Labute approximate surface area is 119 Å². The summed E-state index contributed by atoms with van der Waals surface area (Å²) in [5.41, 5.74) is 2.25. The second-order valence-electron chi connectivity index (χ2n) is 5.20. The molecule has 0 bridgehead atoms. The standard InChI is InChI=1S/C16H20ClNO/c1-12-9-15(17)8-7-14(12)10-16(19)18-11-13-5-3-2-4-6-13/h2-6,14-15H,1,7-11H2,(H,18,19). The van der Waals surface area contributed by atoms with Crippen molar-refractivity contribution in [2.75, 3.05) is 0 Å². The second-order valence-corrected chi connectivity index (χ2v) is 5.82. The number of allylic oxidation sites excluding steroid dienone is 1. The average Bonchev–Trinajstić information content (AvgIpc) is 2.41. The molecule has 1 aromatic rings. The van der Waals surface area contributed by atoms with Crippen LogP contribution in [-0.2, 0) is 11.3 Å². The van der Waals surface area contributed by atoms with E-state index in [0.29, 0.717) is 18.9 Å². The highest BCUT2D eigenvalue weighted by atomic mass is 35.5. The Hall–Kier alpha value is -1.28. The topological polar surface area (TPSA) is 29.1 Å². The summed E-state index contributed by atoms with van der Waals surface area (Å²) in [6.07, 6.45) is 3.34. The van der Waals surface area contributed by atoms with Crippen molar-refractivity contribution in [3.63, 3.8) is 0 Å². The van der Waals surface area contributed by atoms with Crippen molar-refractivity contribution in [2.45, 2.75) is 37.6 Å². The van der Waals surface area contributed by atoms with Crippen molar-refractivity contribution >= 4 is 17.5 Å². The van der Waals surface area contributed by atoms with Crippen LogP contribution in [0.25, 0.3) is 0 Å². The Kier molecular flexibility index (Phi) is 5.03. The number of hydrogen-bond acceptors (Lipinski definition) is 1. The fourth-order valence-corrected chi connectivity index (χ4v) is 2.80. The second kappa shape index (κ2) is 6.76. The number of benzene rings is 1. The molecular formula is C16H20ClNO. The van der Waals surface area contributed by atoms with E-state index < -0.39 is 0 Å². The van der Waals surface area contributed by atoms with Crippen LogP contribution in [0, 0.1) is 5.92 Å². The van der Waals surface area contributed by atoms with Crippen molar-refractivity contribution in [2.24, 2.45) is 5.92 Å². The first-order valence-corrected chi connectivity index (χ1v) is 7.21. The van der Waals surface area contributed by atoms with Crippen molar-refractivity contribution in [3.05, 3.63) is 48.0 Å². The molecule has 1 fully saturated rings. The molecule has 0 heterocycles. The lowest BCUT2D eigenvalue weighted by Crippen LogP contribution is -2.27. The van der Waals surface area contributed by atoms with Crippen molar-refractivity contribution < 1.29 is 4.79 Å². The minimum absolute atomic E-state index is 0.100. The molecule has 0 spiro atoms. The van der Waals surface area contributed by atoms with E-state index in [2.05, 4.69) is 11.9 Å². The van der Waals surface area contributed by atoms with Crippen LogP contribution in [0.5, 0.6) is 0 Å². The zero-order chi connectivity index (χ0) is 13.7. The highest BCUT2D eigenvalue weighted by Crippen LogP contribution is 2.33. The normalized spacial score (nSPS) is 23.1. The Balaban J connectivity index is 1.77. The van der Waals surface area contributed by atoms with Crippen LogP contribution in [0.15, 0.2) is 42.5 Å². The third kappa shape index (κ3) is 4.39. The Morgan fingerprint density at radius 2 is 2.05 bits per heavy atom. The summed E-state index contributed by atoms with van der Waals surface area (Å²) in [5, 5.41) is 3.17. The van der Waals surface area contributed by atoms with Gasteiger partial charge in [-0.05, 0) is 30.7 Å². The first-order chi connectivity index (χ1) is 9.15.